The van der Waals surface area contributed by atoms with Crippen LogP contribution in [0.1, 0.15) is 0 Å². The number of aromatic nitrogens is 1. The van der Waals surface area contributed by atoms with E-state index in [-0.39, 0.29) is 29.6 Å². The molecule has 0 spiro atoms. The Kier molecular flexibility index (Phi) is 5.19. The Labute approximate surface area is 116 Å². The number of sulfonamides is 1. The van der Waals surface area contributed by atoms with Crippen molar-refractivity contribution in [3.8, 4) is 0 Å². The third-order valence-corrected chi connectivity index (χ3v) is 4.26. The van der Waals surface area contributed by atoms with Crippen LogP contribution < -0.4 is 16.6 Å². The van der Waals surface area contributed by atoms with E-state index in [1.807, 2.05) is 0 Å². The molecule has 0 aromatic carbocycles. The number of nitrogen functional groups attached to an aromatic ring is 1. The van der Waals surface area contributed by atoms with Gasteiger partial charge in [0.2, 0.25) is 15.8 Å². The van der Waals surface area contributed by atoms with Crippen LogP contribution in [0.25, 0.3) is 0 Å². The number of hydrogen-bond acceptors (Lipinski definition) is 8. The average molecular weight is 304 g/mol. The first-order valence-corrected chi connectivity index (χ1v) is 7.15. The van der Waals surface area contributed by atoms with Crippen molar-refractivity contribution in [3.05, 3.63) is 22.2 Å². The van der Waals surface area contributed by atoms with Crippen LogP contribution >= 0.6 is 0 Å². The van der Waals surface area contributed by atoms with Crippen LogP contribution in [-0.2, 0) is 10.0 Å². The normalized spacial score (nSPS) is 11.4. The van der Waals surface area contributed by atoms with Crippen LogP contribution in [0.2, 0.25) is 0 Å². The zero-order valence-corrected chi connectivity index (χ0v) is 11.8. The van der Waals surface area contributed by atoms with Gasteiger partial charge < -0.3 is 10.7 Å². The lowest BCUT2D eigenvalue weighted by atomic mass is 10.3. The molecule has 0 aliphatic carbocycles. The molecule has 1 rings (SSSR count). The quantitative estimate of drug-likeness (QED) is 0.350. The summed E-state index contributed by atoms with van der Waals surface area (Å²) in [4.78, 5) is 14.1. The molecule has 20 heavy (non-hydrogen) atoms. The molecule has 0 saturated carbocycles. The fourth-order valence-electron chi connectivity index (χ4n) is 1.29. The second-order valence-corrected chi connectivity index (χ2v) is 6.29. The molecule has 0 aliphatic heterocycles. The smallest absolute Gasteiger partial charge is 0.311 e. The number of hydrazine groups is 1. The van der Waals surface area contributed by atoms with Crippen LogP contribution in [0.3, 0.4) is 0 Å². The molecule has 1 heterocycles. The first kappa shape index (κ1) is 16.1. The highest BCUT2D eigenvalue weighted by Gasteiger charge is 2.18. The predicted octanol–water partition coefficient (Wildman–Crippen LogP) is -0.421. The van der Waals surface area contributed by atoms with Gasteiger partial charge in [0, 0.05) is 26.7 Å². The van der Waals surface area contributed by atoms with Gasteiger partial charge in [-0.05, 0) is 6.07 Å². The minimum absolute atomic E-state index is 0.0115. The lowest BCUT2D eigenvalue weighted by Gasteiger charge is -2.12. The van der Waals surface area contributed by atoms with E-state index in [4.69, 9.17) is 5.84 Å². The number of pyridine rings is 1. The van der Waals surface area contributed by atoms with E-state index in [0.717, 1.165) is 4.31 Å². The fraction of sp³-hybridized carbons (Fsp3) is 0.444. The molecule has 0 atom stereocenters. The number of nitrogens with one attached hydrogen (secondary N) is 2. The maximum Gasteiger partial charge on any atom is 0.311 e. The number of nitrogens with zero attached hydrogens (tertiary/aromatic N) is 3. The highest BCUT2D eigenvalue weighted by molar-refractivity contribution is 7.89. The Morgan fingerprint density at radius 2 is 2.10 bits per heavy atom. The summed E-state index contributed by atoms with van der Waals surface area (Å²) >= 11 is 0. The minimum atomic E-state index is -3.38. The summed E-state index contributed by atoms with van der Waals surface area (Å²) in [6, 6.07) is 2.57. The third-order valence-electron chi connectivity index (χ3n) is 2.43. The highest BCUT2D eigenvalue weighted by atomic mass is 32.2. The molecular weight excluding hydrogens is 288 g/mol. The molecule has 1 aromatic rings. The number of rotatable bonds is 7. The van der Waals surface area contributed by atoms with Crippen molar-refractivity contribution in [2.24, 2.45) is 5.84 Å². The summed E-state index contributed by atoms with van der Waals surface area (Å²) in [7, 11) is -0.561. The van der Waals surface area contributed by atoms with Gasteiger partial charge in [0.25, 0.3) is 0 Å². The minimum Gasteiger partial charge on any atom is -0.363 e. The Balaban J connectivity index is 2.84. The Bertz CT molecular complexity index is 588. The summed E-state index contributed by atoms with van der Waals surface area (Å²) in [6.07, 6.45) is 0. The topological polar surface area (TPSA) is 143 Å². The molecule has 4 N–H and O–H groups in total. The van der Waals surface area contributed by atoms with Crippen LogP contribution in [0.4, 0.5) is 17.3 Å². The molecule has 0 radical (unpaired) electrons. The molecule has 0 aliphatic rings. The molecule has 1 aromatic heterocycles. The molecule has 0 amide bonds. The predicted molar refractivity (Wildman–Crippen MR) is 74.7 cm³/mol. The maximum atomic E-state index is 11.6. The molecule has 10 nitrogen and oxygen atoms in total. The Morgan fingerprint density at radius 1 is 1.45 bits per heavy atom. The number of nitrogens with two attached hydrogens (primary N) is 1. The number of anilines is 2. The van der Waals surface area contributed by atoms with Gasteiger partial charge in [-0.2, -0.15) is 0 Å². The van der Waals surface area contributed by atoms with E-state index in [0.29, 0.717) is 0 Å². The highest BCUT2D eigenvalue weighted by Crippen LogP contribution is 2.23. The first-order valence-electron chi connectivity index (χ1n) is 5.54. The van der Waals surface area contributed by atoms with Crippen LogP contribution in [0.5, 0.6) is 0 Å². The molecule has 0 fully saturated rings. The van der Waals surface area contributed by atoms with Gasteiger partial charge in [0.1, 0.15) is 5.82 Å². The summed E-state index contributed by atoms with van der Waals surface area (Å²) in [5.41, 5.74) is 2.00. The van der Waals surface area contributed by atoms with Crippen molar-refractivity contribution >= 4 is 27.3 Å². The molecular formula is C9H16N6O4S. The van der Waals surface area contributed by atoms with E-state index in [2.05, 4.69) is 15.7 Å². The van der Waals surface area contributed by atoms with Crippen molar-refractivity contribution < 1.29 is 13.3 Å². The van der Waals surface area contributed by atoms with Crippen LogP contribution in [0, 0.1) is 10.1 Å². The summed E-state index contributed by atoms with van der Waals surface area (Å²) in [6.45, 7) is -0.0115. The maximum absolute atomic E-state index is 11.6. The summed E-state index contributed by atoms with van der Waals surface area (Å²) in [5.74, 6) is 5.15. The van der Waals surface area contributed by atoms with Crippen LogP contribution in [-0.4, -0.2) is 49.0 Å². The van der Waals surface area contributed by atoms with E-state index in [9.17, 15) is 18.5 Å². The molecule has 0 saturated heterocycles. The van der Waals surface area contributed by atoms with Crippen molar-refractivity contribution in [2.75, 3.05) is 37.1 Å². The molecule has 11 heteroatoms. The first-order chi connectivity index (χ1) is 9.27. The number of nitro groups is 1. The zero-order chi connectivity index (χ0) is 15.3. The summed E-state index contributed by atoms with van der Waals surface area (Å²) in [5, 5.41) is 13.5. The van der Waals surface area contributed by atoms with E-state index in [1.165, 1.54) is 26.2 Å². The molecule has 0 bridgehead atoms. The van der Waals surface area contributed by atoms with Gasteiger partial charge >= 0.3 is 5.69 Å². The second kappa shape index (κ2) is 6.45. The Hall–Kier alpha value is -1.98. The molecule has 112 valence electrons. The van der Waals surface area contributed by atoms with Gasteiger partial charge in [0.15, 0.2) is 0 Å². The van der Waals surface area contributed by atoms with E-state index in [1.54, 1.807) is 0 Å². The SMILES string of the molecule is CN(C)S(=O)(=O)CCNc1nc(NN)ccc1[N+](=O)[O-]. The van der Waals surface area contributed by atoms with Gasteiger partial charge in [-0.1, -0.05) is 0 Å². The number of hydrogen-bond donors (Lipinski definition) is 3. The lowest BCUT2D eigenvalue weighted by molar-refractivity contribution is -0.384. The van der Waals surface area contributed by atoms with E-state index >= 15 is 0 Å². The zero-order valence-electron chi connectivity index (χ0n) is 11.0. The van der Waals surface area contributed by atoms with Gasteiger partial charge in [-0.25, -0.2) is 23.5 Å². The van der Waals surface area contributed by atoms with Crippen molar-refractivity contribution in [2.45, 2.75) is 0 Å². The summed E-state index contributed by atoms with van der Waals surface area (Å²) < 4.78 is 24.2. The van der Waals surface area contributed by atoms with Crippen LogP contribution in [0.15, 0.2) is 12.1 Å². The van der Waals surface area contributed by atoms with Gasteiger partial charge in [0.05, 0.1) is 10.7 Å². The third kappa shape index (κ3) is 4.01. The van der Waals surface area contributed by atoms with Gasteiger partial charge in [-0.15, -0.1) is 0 Å². The Morgan fingerprint density at radius 3 is 2.60 bits per heavy atom. The van der Waals surface area contributed by atoms with Crippen molar-refractivity contribution in [3.63, 3.8) is 0 Å². The second-order valence-electron chi connectivity index (χ2n) is 3.99. The fourth-order valence-corrected chi connectivity index (χ4v) is 2.02. The van der Waals surface area contributed by atoms with E-state index < -0.39 is 14.9 Å². The van der Waals surface area contributed by atoms with Crippen molar-refractivity contribution in [1.29, 1.82) is 0 Å². The monoisotopic (exact) mass is 304 g/mol. The largest absolute Gasteiger partial charge is 0.363 e. The average Bonchev–Trinajstić information content (AvgIpc) is 2.37. The standard InChI is InChI=1S/C9H16N6O4S/c1-14(2)20(18,19)6-5-11-9-7(15(16)17)3-4-8(12-9)13-10/h3-4H,5-6,10H2,1-2H3,(H2,11,12,13). The van der Waals surface area contributed by atoms with Crippen molar-refractivity contribution in [1.82, 2.24) is 9.29 Å². The molecule has 0 unspecified atom stereocenters. The van der Waals surface area contributed by atoms with Gasteiger partial charge in [-0.3, -0.25) is 10.1 Å². The lowest BCUT2D eigenvalue weighted by Crippen LogP contribution is -2.28.